The molecule has 2 atom stereocenters. The van der Waals surface area contributed by atoms with Crippen LogP contribution in [0.4, 0.5) is 0 Å². The molecule has 1 nitrogen and oxygen atoms in total. The van der Waals surface area contributed by atoms with Crippen molar-refractivity contribution in [2.45, 2.75) is 29.4 Å². The van der Waals surface area contributed by atoms with Gasteiger partial charge in [0.1, 0.15) is 0 Å². The molecule has 0 amide bonds. The molecule has 0 aromatic heterocycles. The summed E-state index contributed by atoms with van der Waals surface area (Å²) in [6.45, 7) is 5.85. The Kier molecular flexibility index (Phi) is 2.82. The van der Waals surface area contributed by atoms with Crippen LogP contribution in [0.2, 0.25) is 0 Å². The number of thioether (sulfide) groups is 1. The van der Waals surface area contributed by atoms with E-state index in [2.05, 4.69) is 24.8 Å². The lowest BCUT2D eigenvalue weighted by Crippen LogP contribution is -2.11. The zero-order chi connectivity index (χ0) is 11.6. The van der Waals surface area contributed by atoms with E-state index in [0.29, 0.717) is 0 Å². The quantitative estimate of drug-likeness (QED) is 0.728. The Balaban J connectivity index is 2.19. The molecular weight excluding hydrogens is 214 g/mol. The fraction of sp³-hybridized carbons (Fsp3) is 0.357. The van der Waals surface area contributed by atoms with Crippen molar-refractivity contribution in [2.75, 3.05) is 0 Å². The highest BCUT2D eigenvalue weighted by molar-refractivity contribution is 8.01. The molecule has 1 aromatic carbocycles. The van der Waals surface area contributed by atoms with Gasteiger partial charge in [0, 0.05) is 9.64 Å². The van der Waals surface area contributed by atoms with Crippen molar-refractivity contribution in [3.8, 4) is 6.07 Å². The van der Waals surface area contributed by atoms with Crippen LogP contribution >= 0.6 is 11.8 Å². The molecule has 0 spiro atoms. The molecule has 1 aromatic rings. The van der Waals surface area contributed by atoms with Crippen molar-refractivity contribution in [2.24, 2.45) is 5.41 Å². The van der Waals surface area contributed by atoms with Crippen LogP contribution < -0.4 is 0 Å². The fourth-order valence-corrected chi connectivity index (χ4v) is 3.68. The molecule has 0 heterocycles. The largest absolute Gasteiger partial charge is 0.198 e. The second-order valence-electron chi connectivity index (χ2n) is 4.52. The summed E-state index contributed by atoms with van der Waals surface area (Å²) in [5, 5.41) is 9.21. The lowest BCUT2D eigenvalue weighted by Gasteiger charge is -2.16. The SMILES string of the molecule is C=CC[C@@]1(Sc2ccccc2)C[C@]1(C)C#N. The molecule has 2 rings (SSSR count). The van der Waals surface area contributed by atoms with E-state index >= 15 is 0 Å². The highest BCUT2D eigenvalue weighted by atomic mass is 32.2. The number of benzene rings is 1. The predicted molar refractivity (Wildman–Crippen MR) is 68.2 cm³/mol. The van der Waals surface area contributed by atoms with Crippen LogP contribution in [-0.2, 0) is 0 Å². The first-order valence-electron chi connectivity index (χ1n) is 5.42. The number of allylic oxidation sites excluding steroid dienone is 1. The van der Waals surface area contributed by atoms with Crippen LogP contribution in [-0.4, -0.2) is 4.75 Å². The first-order valence-corrected chi connectivity index (χ1v) is 6.24. The van der Waals surface area contributed by atoms with E-state index in [1.165, 1.54) is 4.90 Å². The van der Waals surface area contributed by atoms with E-state index in [1.54, 1.807) is 0 Å². The molecule has 0 radical (unpaired) electrons. The van der Waals surface area contributed by atoms with Crippen molar-refractivity contribution in [1.29, 1.82) is 5.26 Å². The van der Waals surface area contributed by atoms with Gasteiger partial charge in [-0.05, 0) is 31.9 Å². The molecule has 0 N–H and O–H groups in total. The summed E-state index contributed by atoms with van der Waals surface area (Å²) in [4.78, 5) is 1.24. The molecule has 16 heavy (non-hydrogen) atoms. The Bertz CT molecular complexity index is 434. The van der Waals surface area contributed by atoms with Crippen LogP contribution in [0.25, 0.3) is 0 Å². The van der Waals surface area contributed by atoms with Crippen LogP contribution in [0.5, 0.6) is 0 Å². The van der Waals surface area contributed by atoms with Crippen LogP contribution in [0, 0.1) is 16.7 Å². The topological polar surface area (TPSA) is 23.8 Å². The van der Waals surface area contributed by atoms with Gasteiger partial charge in [0.05, 0.1) is 11.5 Å². The van der Waals surface area contributed by atoms with Gasteiger partial charge in [-0.1, -0.05) is 24.3 Å². The van der Waals surface area contributed by atoms with Gasteiger partial charge in [-0.25, -0.2) is 0 Å². The summed E-state index contributed by atoms with van der Waals surface area (Å²) >= 11 is 1.82. The Labute approximate surface area is 101 Å². The standard InChI is InChI=1S/C14H15NS/c1-3-9-14(10-13(14,2)11-15)16-12-7-5-4-6-8-12/h3-8H,1,9-10H2,2H3/t13-,14-/m1/s1. The number of hydrogen-bond acceptors (Lipinski definition) is 2. The van der Waals surface area contributed by atoms with Gasteiger partial charge >= 0.3 is 0 Å². The molecule has 1 aliphatic carbocycles. The van der Waals surface area contributed by atoms with Gasteiger partial charge in [-0.2, -0.15) is 5.26 Å². The number of rotatable bonds is 4. The molecule has 1 aliphatic rings. The first-order chi connectivity index (χ1) is 7.66. The van der Waals surface area contributed by atoms with Crippen LogP contribution in [0.3, 0.4) is 0 Å². The third-order valence-electron chi connectivity index (χ3n) is 3.30. The van der Waals surface area contributed by atoms with Crippen molar-refractivity contribution >= 4 is 11.8 Å². The van der Waals surface area contributed by atoms with Crippen LogP contribution in [0.1, 0.15) is 19.8 Å². The minimum Gasteiger partial charge on any atom is -0.198 e. The molecule has 0 saturated heterocycles. The minimum absolute atomic E-state index is 0.0465. The van der Waals surface area contributed by atoms with E-state index in [-0.39, 0.29) is 10.2 Å². The maximum Gasteiger partial charge on any atom is 0.0713 e. The summed E-state index contributed by atoms with van der Waals surface area (Å²) in [5.41, 5.74) is -0.193. The monoisotopic (exact) mass is 229 g/mol. The van der Waals surface area contributed by atoms with Gasteiger partial charge in [0.2, 0.25) is 0 Å². The molecule has 0 unspecified atom stereocenters. The van der Waals surface area contributed by atoms with Crippen molar-refractivity contribution in [3.05, 3.63) is 43.0 Å². The molecule has 1 saturated carbocycles. The normalized spacial score (nSPS) is 31.8. The summed E-state index contributed by atoms with van der Waals surface area (Å²) in [7, 11) is 0. The minimum atomic E-state index is -0.193. The Morgan fingerprint density at radius 2 is 2.19 bits per heavy atom. The van der Waals surface area contributed by atoms with E-state index in [4.69, 9.17) is 0 Å². The average Bonchev–Trinajstić information content (AvgIpc) is 2.86. The van der Waals surface area contributed by atoms with Crippen molar-refractivity contribution in [1.82, 2.24) is 0 Å². The third-order valence-corrected chi connectivity index (χ3v) is 4.96. The second-order valence-corrected chi connectivity index (χ2v) is 5.98. The number of hydrogen-bond donors (Lipinski definition) is 0. The Morgan fingerprint density at radius 3 is 2.69 bits per heavy atom. The smallest absolute Gasteiger partial charge is 0.0713 e. The highest BCUT2D eigenvalue weighted by Gasteiger charge is 2.65. The average molecular weight is 229 g/mol. The molecular formula is C14H15NS. The Morgan fingerprint density at radius 1 is 1.50 bits per heavy atom. The van der Waals surface area contributed by atoms with Crippen LogP contribution in [0.15, 0.2) is 47.9 Å². The maximum absolute atomic E-state index is 9.21. The van der Waals surface area contributed by atoms with Gasteiger partial charge in [-0.3, -0.25) is 0 Å². The summed E-state index contributed by atoms with van der Waals surface area (Å²) in [6.07, 6.45) is 3.79. The molecule has 0 aliphatic heterocycles. The summed E-state index contributed by atoms with van der Waals surface area (Å²) in [5.74, 6) is 0. The molecule has 82 valence electrons. The van der Waals surface area contributed by atoms with Crippen molar-refractivity contribution < 1.29 is 0 Å². The van der Waals surface area contributed by atoms with E-state index < -0.39 is 0 Å². The van der Waals surface area contributed by atoms with Gasteiger partial charge in [-0.15, -0.1) is 18.3 Å². The van der Waals surface area contributed by atoms with E-state index in [9.17, 15) is 5.26 Å². The number of nitrogens with zero attached hydrogens (tertiary/aromatic N) is 1. The Hall–Kier alpha value is -1.20. The second kappa shape index (κ2) is 3.99. The summed E-state index contributed by atoms with van der Waals surface area (Å²) in [6, 6.07) is 12.7. The lowest BCUT2D eigenvalue weighted by atomic mass is 10.1. The lowest BCUT2D eigenvalue weighted by molar-refractivity contribution is 0.679. The fourth-order valence-electron chi connectivity index (χ4n) is 2.10. The van der Waals surface area contributed by atoms with Crippen molar-refractivity contribution in [3.63, 3.8) is 0 Å². The predicted octanol–water partition coefficient (Wildman–Crippen LogP) is 4.03. The number of nitriles is 1. The zero-order valence-corrected chi connectivity index (χ0v) is 10.3. The van der Waals surface area contributed by atoms with E-state index in [1.807, 2.05) is 43.0 Å². The highest BCUT2D eigenvalue weighted by Crippen LogP contribution is 2.67. The van der Waals surface area contributed by atoms with Gasteiger partial charge < -0.3 is 0 Å². The first kappa shape index (κ1) is 11.3. The third kappa shape index (κ3) is 1.76. The van der Waals surface area contributed by atoms with E-state index in [0.717, 1.165) is 12.8 Å². The maximum atomic E-state index is 9.21. The van der Waals surface area contributed by atoms with Gasteiger partial charge in [0.15, 0.2) is 0 Å². The molecule has 0 bridgehead atoms. The summed E-state index contributed by atoms with van der Waals surface area (Å²) < 4.78 is 0.0465. The zero-order valence-electron chi connectivity index (χ0n) is 9.44. The molecule has 1 fully saturated rings. The molecule has 2 heteroatoms. The van der Waals surface area contributed by atoms with Gasteiger partial charge in [0.25, 0.3) is 0 Å².